The maximum absolute atomic E-state index is 12.8. The van der Waals surface area contributed by atoms with Crippen molar-refractivity contribution in [2.24, 2.45) is 0 Å². The minimum Gasteiger partial charge on any atom is -0.489 e. The fourth-order valence-corrected chi connectivity index (χ4v) is 3.32. The summed E-state index contributed by atoms with van der Waals surface area (Å²) in [4.78, 5) is 12.8. The van der Waals surface area contributed by atoms with Crippen molar-refractivity contribution in [3.8, 4) is 11.5 Å². The summed E-state index contributed by atoms with van der Waals surface area (Å²) < 4.78 is 11.8. The number of Topliss-reactive ketones (excluding diaryl/α,β-unsaturated/α-hetero) is 1. The van der Waals surface area contributed by atoms with Gasteiger partial charge in [-0.1, -0.05) is 48.0 Å². The number of carbonyl (C=O) groups excluding carboxylic acids is 1. The highest BCUT2D eigenvalue weighted by molar-refractivity contribution is 6.30. The number of aryl methyl sites for hydroxylation is 2. The minimum atomic E-state index is -0.0972. The SMILES string of the molecule is Cc1ccccc1/C=C1\Oc2cc(OCc3ccc(Cl)cc3)cc(C)c2C1=O. The van der Waals surface area contributed by atoms with E-state index in [1.165, 1.54) is 0 Å². The molecule has 0 saturated carbocycles. The van der Waals surface area contributed by atoms with Gasteiger partial charge in [-0.3, -0.25) is 4.79 Å². The number of rotatable bonds is 4. The lowest BCUT2D eigenvalue weighted by molar-refractivity contribution is 0.101. The number of fused-ring (bicyclic) bond motifs is 1. The van der Waals surface area contributed by atoms with Gasteiger partial charge in [-0.05, 0) is 60.4 Å². The van der Waals surface area contributed by atoms with E-state index in [4.69, 9.17) is 21.1 Å². The first-order valence-corrected chi connectivity index (χ1v) is 9.41. The first-order valence-electron chi connectivity index (χ1n) is 9.03. The molecule has 0 spiro atoms. The monoisotopic (exact) mass is 390 g/mol. The standard InChI is InChI=1S/C24H19ClO3/c1-15-5-3-4-6-18(15)12-22-24(26)23-16(2)11-20(13-21(23)28-22)27-14-17-7-9-19(25)10-8-17/h3-13H,14H2,1-2H3/b22-12-. The largest absolute Gasteiger partial charge is 0.489 e. The van der Waals surface area contributed by atoms with E-state index >= 15 is 0 Å². The molecule has 0 radical (unpaired) electrons. The van der Waals surface area contributed by atoms with E-state index in [1.807, 2.05) is 68.4 Å². The molecule has 0 bridgehead atoms. The Morgan fingerprint density at radius 3 is 2.50 bits per heavy atom. The van der Waals surface area contributed by atoms with Crippen molar-refractivity contribution in [2.75, 3.05) is 0 Å². The van der Waals surface area contributed by atoms with Crippen LogP contribution < -0.4 is 9.47 Å². The summed E-state index contributed by atoms with van der Waals surface area (Å²) in [6.07, 6.45) is 1.80. The first kappa shape index (κ1) is 18.3. The minimum absolute atomic E-state index is 0.0972. The summed E-state index contributed by atoms with van der Waals surface area (Å²) in [5, 5.41) is 0.692. The number of hydrogen-bond donors (Lipinski definition) is 0. The molecule has 0 fully saturated rings. The summed E-state index contributed by atoms with van der Waals surface area (Å²) in [6, 6.07) is 19.0. The van der Waals surface area contributed by atoms with Crippen molar-refractivity contribution in [1.82, 2.24) is 0 Å². The fraction of sp³-hybridized carbons (Fsp3) is 0.125. The van der Waals surface area contributed by atoms with Gasteiger partial charge >= 0.3 is 0 Å². The van der Waals surface area contributed by atoms with Crippen LogP contribution in [0, 0.1) is 13.8 Å². The molecule has 0 saturated heterocycles. The number of ketones is 1. The number of hydrogen-bond acceptors (Lipinski definition) is 3. The molecule has 140 valence electrons. The molecule has 4 heteroatoms. The molecule has 0 N–H and O–H groups in total. The Hall–Kier alpha value is -3.04. The molecule has 3 nitrogen and oxygen atoms in total. The van der Waals surface area contributed by atoms with Crippen LogP contribution in [0.5, 0.6) is 11.5 Å². The maximum Gasteiger partial charge on any atom is 0.232 e. The van der Waals surface area contributed by atoms with Gasteiger partial charge in [0.2, 0.25) is 5.78 Å². The second-order valence-corrected chi connectivity index (χ2v) is 7.26. The third-order valence-corrected chi connectivity index (χ3v) is 4.99. The molecule has 1 aliphatic rings. The van der Waals surface area contributed by atoms with Gasteiger partial charge in [-0.2, -0.15) is 0 Å². The Kier molecular flexibility index (Phi) is 4.93. The lowest BCUT2D eigenvalue weighted by Crippen LogP contribution is -2.00. The molecule has 3 aromatic rings. The summed E-state index contributed by atoms with van der Waals surface area (Å²) in [7, 11) is 0. The predicted molar refractivity (Wildman–Crippen MR) is 111 cm³/mol. The number of benzene rings is 3. The first-order chi connectivity index (χ1) is 13.5. The summed E-state index contributed by atoms with van der Waals surface area (Å²) >= 11 is 5.91. The van der Waals surface area contributed by atoms with E-state index in [-0.39, 0.29) is 5.78 Å². The highest BCUT2D eigenvalue weighted by Gasteiger charge is 2.30. The summed E-state index contributed by atoms with van der Waals surface area (Å²) in [5.41, 5.74) is 4.50. The van der Waals surface area contributed by atoms with Crippen molar-refractivity contribution in [2.45, 2.75) is 20.5 Å². The molecule has 0 unspecified atom stereocenters. The molecule has 28 heavy (non-hydrogen) atoms. The predicted octanol–water partition coefficient (Wildman–Crippen LogP) is 6.15. The van der Waals surface area contributed by atoms with Crippen LogP contribution in [0.1, 0.15) is 32.6 Å². The molecule has 4 rings (SSSR count). The van der Waals surface area contributed by atoms with Gasteiger partial charge in [-0.25, -0.2) is 0 Å². The Bertz CT molecular complexity index is 1080. The second-order valence-electron chi connectivity index (χ2n) is 6.82. The normalized spacial score (nSPS) is 14.1. The van der Waals surface area contributed by atoms with E-state index < -0.39 is 0 Å². The number of allylic oxidation sites excluding steroid dienone is 1. The molecule has 0 aromatic heterocycles. The molecule has 1 aliphatic heterocycles. The van der Waals surface area contributed by atoms with Crippen molar-refractivity contribution in [3.05, 3.63) is 99.3 Å². The third kappa shape index (κ3) is 3.67. The smallest absolute Gasteiger partial charge is 0.232 e. The number of halogens is 1. The van der Waals surface area contributed by atoms with Crippen LogP contribution in [0.3, 0.4) is 0 Å². The van der Waals surface area contributed by atoms with Gasteiger partial charge in [0.15, 0.2) is 5.76 Å². The molecule has 0 atom stereocenters. The highest BCUT2D eigenvalue weighted by atomic mass is 35.5. The van der Waals surface area contributed by atoms with Crippen LogP contribution in [-0.2, 0) is 6.61 Å². The zero-order chi connectivity index (χ0) is 19.7. The molecule has 0 aliphatic carbocycles. The van der Waals surface area contributed by atoms with Gasteiger partial charge in [0.05, 0.1) is 5.56 Å². The van der Waals surface area contributed by atoms with E-state index in [9.17, 15) is 4.79 Å². The third-order valence-electron chi connectivity index (χ3n) is 4.74. The Balaban J connectivity index is 1.57. The van der Waals surface area contributed by atoms with Gasteiger partial charge in [0.1, 0.15) is 18.1 Å². The second kappa shape index (κ2) is 7.53. The summed E-state index contributed by atoms with van der Waals surface area (Å²) in [6.45, 7) is 4.31. The van der Waals surface area contributed by atoms with Gasteiger partial charge in [0, 0.05) is 11.1 Å². The lowest BCUT2D eigenvalue weighted by Gasteiger charge is -2.09. The summed E-state index contributed by atoms with van der Waals surface area (Å²) in [5.74, 6) is 1.44. The maximum atomic E-state index is 12.8. The van der Waals surface area contributed by atoms with E-state index in [0.29, 0.717) is 34.5 Å². The van der Waals surface area contributed by atoms with Crippen LogP contribution in [-0.4, -0.2) is 5.78 Å². The molecule has 3 aromatic carbocycles. The van der Waals surface area contributed by atoms with Crippen LogP contribution in [0.4, 0.5) is 0 Å². The quantitative estimate of drug-likeness (QED) is 0.501. The van der Waals surface area contributed by atoms with E-state index in [1.54, 1.807) is 12.1 Å². The van der Waals surface area contributed by atoms with Crippen LogP contribution in [0.25, 0.3) is 6.08 Å². The average molecular weight is 391 g/mol. The molecular formula is C24H19ClO3. The Labute approximate surface area is 169 Å². The van der Waals surface area contributed by atoms with Crippen molar-refractivity contribution < 1.29 is 14.3 Å². The van der Waals surface area contributed by atoms with Crippen molar-refractivity contribution in [1.29, 1.82) is 0 Å². The van der Waals surface area contributed by atoms with Crippen molar-refractivity contribution >= 4 is 23.5 Å². The van der Waals surface area contributed by atoms with Crippen LogP contribution in [0.2, 0.25) is 5.02 Å². The molecule has 0 amide bonds. The Morgan fingerprint density at radius 2 is 1.75 bits per heavy atom. The molecule has 1 heterocycles. The highest BCUT2D eigenvalue weighted by Crippen LogP contribution is 2.37. The van der Waals surface area contributed by atoms with Gasteiger partial charge in [-0.15, -0.1) is 0 Å². The fourth-order valence-electron chi connectivity index (χ4n) is 3.20. The number of ether oxygens (including phenoxy) is 2. The van der Waals surface area contributed by atoms with Gasteiger partial charge in [0.25, 0.3) is 0 Å². The zero-order valence-electron chi connectivity index (χ0n) is 15.7. The van der Waals surface area contributed by atoms with Gasteiger partial charge < -0.3 is 9.47 Å². The van der Waals surface area contributed by atoms with E-state index in [2.05, 4.69) is 0 Å². The molecular weight excluding hydrogens is 372 g/mol. The topological polar surface area (TPSA) is 35.5 Å². The van der Waals surface area contributed by atoms with Crippen LogP contribution in [0.15, 0.2) is 66.4 Å². The van der Waals surface area contributed by atoms with Crippen molar-refractivity contribution in [3.63, 3.8) is 0 Å². The zero-order valence-corrected chi connectivity index (χ0v) is 16.4. The Morgan fingerprint density at radius 1 is 1.00 bits per heavy atom. The van der Waals surface area contributed by atoms with E-state index in [0.717, 1.165) is 22.3 Å². The number of carbonyl (C=O) groups is 1. The average Bonchev–Trinajstić information content (AvgIpc) is 2.99. The van der Waals surface area contributed by atoms with Crippen LogP contribution >= 0.6 is 11.6 Å². The lowest BCUT2D eigenvalue weighted by atomic mass is 10.0.